The molecule has 2 saturated heterocycles. The van der Waals surface area contributed by atoms with E-state index in [-0.39, 0.29) is 0 Å². The van der Waals surface area contributed by atoms with Crippen LogP contribution in [0.3, 0.4) is 0 Å². The molecule has 1 N–H and O–H groups in total. The zero-order chi connectivity index (χ0) is 14.3. The molecule has 0 aromatic carbocycles. The molecule has 0 aromatic heterocycles. The first-order valence-corrected chi connectivity index (χ1v) is 8.78. The molecule has 2 aliphatic heterocycles. The second-order valence-corrected chi connectivity index (χ2v) is 6.96. The summed E-state index contributed by atoms with van der Waals surface area (Å²) in [5, 5.41) is 3.68. The Morgan fingerprint density at radius 1 is 1.20 bits per heavy atom. The highest BCUT2D eigenvalue weighted by Gasteiger charge is 2.35. The number of likely N-dealkylation sites (tertiary alicyclic amines) is 1. The van der Waals surface area contributed by atoms with Gasteiger partial charge in [-0.25, -0.2) is 0 Å². The maximum absolute atomic E-state index is 5.63. The van der Waals surface area contributed by atoms with Crippen molar-refractivity contribution in [2.45, 2.75) is 64.8 Å². The quantitative estimate of drug-likeness (QED) is 0.758. The predicted octanol–water partition coefficient (Wildman–Crippen LogP) is 3.05. The van der Waals surface area contributed by atoms with Crippen LogP contribution in [0.25, 0.3) is 0 Å². The van der Waals surface area contributed by atoms with Gasteiger partial charge in [0, 0.05) is 32.3 Å². The zero-order valence-electron chi connectivity index (χ0n) is 13.6. The van der Waals surface area contributed by atoms with Crippen LogP contribution in [-0.4, -0.2) is 50.3 Å². The van der Waals surface area contributed by atoms with Crippen LogP contribution in [0, 0.1) is 5.41 Å². The Morgan fingerprint density at radius 2 is 2.00 bits per heavy atom. The summed E-state index contributed by atoms with van der Waals surface area (Å²) in [6.45, 7) is 11.5. The Morgan fingerprint density at radius 3 is 2.75 bits per heavy atom. The van der Waals surface area contributed by atoms with Gasteiger partial charge in [-0.2, -0.15) is 0 Å². The van der Waals surface area contributed by atoms with Gasteiger partial charge in [0.05, 0.1) is 0 Å². The highest BCUT2D eigenvalue weighted by molar-refractivity contribution is 4.89. The number of ether oxygens (including phenoxy) is 1. The molecule has 118 valence electrons. The van der Waals surface area contributed by atoms with Crippen LogP contribution < -0.4 is 5.32 Å². The van der Waals surface area contributed by atoms with E-state index in [1.807, 2.05) is 0 Å². The Kier molecular flexibility index (Phi) is 6.79. The van der Waals surface area contributed by atoms with Gasteiger partial charge >= 0.3 is 0 Å². The largest absolute Gasteiger partial charge is 0.381 e. The van der Waals surface area contributed by atoms with E-state index in [0.29, 0.717) is 5.41 Å². The molecule has 2 fully saturated rings. The summed E-state index contributed by atoms with van der Waals surface area (Å²) >= 11 is 0. The molecule has 20 heavy (non-hydrogen) atoms. The number of nitrogens with zero attached hydrogens (tertiary/aromatic N) is 1. The summed E-state index contributed by atoms with van der Waals surface area (Å²) in [7, 11) is 0. The maximum Gasteiger partial charge on any atom is 0.0472 e. The lowest BCUT2D eigenvalue weighted by Crippen LogP contribution is -2.49. The van der Waals surface area contributed by atoms with E-state index in [2.05, 4.69) is 24.1 Å². The summed E-state index contributed by atoms with van der Waals surface area (Å²) < 4.78 is 5.63. The van der Waals surface area contributed by atoms with Crippen molar-refractivity contribution in [3.8, 4) is 0 Å². The van der Waals surface area contributed by atoms with Gasteiger partial charge in [-0.05, 0) is 57.5 Å². The van der Waals surface area contributed by atoms with E-state index in [9.17, 15) is 0 Å². The summed E-state index contributed by atoms with van der Waals surface area (Å²) in [5.74, 6) is 0. The van der Waals surface area contributed by atoms with Crippen LogP contribution in [0.15, 0.2) is 0 Å². The van der Waals surface area contributed by atoms with E-state index < -0.39 is 0 Å². The van der Waals surface area contributed by atoms with Gasteiger partial charge in [0.25, 0.3) is 0 Å². The average molecular weight is 282 g/mol. The van der Waals surface area contributed by atoms with Crippen molar-refractivity contribution in [2.24, 2.45) is 5.41 Å². The first-order chi connectivity index (χ1) is 9.76. The van der Waals surface area contributed by atoms with Crippen LogP contribution >= 0.6 is 0 Å². The van der Waals surface area contributed by atoms with Crippen molar-refractivity contribution in [3.05, 3.63) is 0 Å². The topological polar surface area (TPSA) is 24.5 Å². The van der Waals surface area contributed by atoms with Crippen LogP contribution in [-0.2, 0) is 4.74 Å². The van der Waals surface area contributed by atoms with Crippen molar-refractivity contribution in [3.63, 3.8) is 0 Å². The van der Waals surface area contributed by atoms with E-state index >= 15 is 0 Å². The fourth-order valence-electron chi connectivity index (χ4n) is 3.73. The molecule has 0 spiro atoms. The van der Waals surface area contributed by atoms with Crippen LogP contribution in [0.2, 0.25) is 0 Å². The fourth-order valence-corrected chi connectivity index (χ4v) is 3.73. The lowest BCUT2D eigenvalue weighted by molar-refractivity contribution is -0.0101. The standard InChI is InChI=1S/C17H34N2O/c1-3-10-18-14-17(8-12-20-13-9-17)15-19-11-6-4-5-7-16(19)2/h16,18H,3-15H2,1-2H3. The molecular formula is C17H34N2O. The van der Waals surface area contributed by atoms with Crippen LogP contribution in [0.4, 0.5) is 0 Å². The Hall–Kier alpha value is -0.120. The van der Waals surface area contributed by atoms with Gasteiger partial charge < -0.3 is 15.0 Å². The monoisotopic (exact) mass is 282 g/mol. The summed E-state index contributed by atoms with van der Waals surface area (Å²) in [4.78, 5) is 2.77. The zero-order valence-corrected chi connectivity index (χ0v) is 13.6. The lowest BCUT2D eigenvalue weighted by atomic mass is 9.79. The van der Waals surface area contributed by atoms with Crippen LogP contribution in [0.1, 0.15) is 58.8 Å². The molecule has 2 rings (SSSR count). The van der Waals surface area contributed by atoms with Crippen molar-refractivity contribution in [1.82, 2.24) is 10.2 Å². The predicted molar refractivity (Wildman–Crippen MR) is 85.1 cm³/mol. The van der Waals surface area contributed by atoms with Crippen molar-refractivity contribution >= 4 is 0 Å². The Balaban J connectivity index is 1.94. The molecule has 0 aliphatic carbocycles. The van der Waals surface area contributed by atoms with Gasteiger partial charge in [0.1, 0.15) is 0 Å². The molecule has 2 heterocycles. The molecular weight excluding hydrogens is 248 g/mol. The van der Waals surface area contributed by atoms with Crippen molar-refractivity contribution < 1.29 is 4.74 Å². The summed E-state index contributed by atoms with van der Waals surface area (Å²) in [5.41, 5.74) is 0.450. The molecule has 2 aliphatic rings. The molecule has 0 amide bonds. The summed E-state index contributed by atoms with van der Waals surface area (Å²) in [6.07, 6.45) is 9.30. The third-order valence-corrected chi connectivity index (χ3v) is 5.21. The summed E-state index contributed by atoms with van der Waals surface area (Å²) in [6, 6.07) is 0.767. The average Bonchev–Trinajstić information content (AvgIpc) is 2.66. The van der Waals surface area contributed by atoms with E-state index in [4.69, 9.17) is 4.74 Å². The smallest absolute Gasteiger partial charge is 0.0472 e. The number of hydrogen-bond donors (Lipinski definition) is 1. The maximum atomic E-state index is 5.63. The first kappa shape index (κ1) is 16.3. The third kappa shape index (κ3) is 4.71. The Bertz CT molecular complexity index is 264. The minimum atomic E-state index is 0.450. The van der Waals surface area contributed by atoms with Gasteiger partial charge in [-0.15, -0.1) is 0 Å². The van der Waals surface area contributed by atoms with Crippen molar-refractivity contribution in [1.29, 1.82) is 0 Å². The van der Waals surface area contributed by atoms with Crippen LogP contribution in [0.5, 0.6) is 0 Å². The molecule has 0 radical (unpaired) electrons. The molecule has 0 saturated carbocycles. The molecule has 3 heteroatoms. The third-order valence-electron chi connectivity index (χ3n) is 5.21. The SMILES string of the molecule is CCCNCC1(CN2CCCCCC2C)CCOCC1. The highest BCUT2D eigenvalue weighted by atomic mass is 16.5. The minimum Gasteiger partial charge on any atom is -0.381 e. The number of nitrogens with one attached hydrogen (secondary N) is 1. The van der Waals surface area contributed by atoms with E-state index in [1.165, 1.54) is 64.6 Å². The first-order valence-electron chi connectivity index (χ1n) is 8.78. The second kappa shape index (κ2) is 8.35. The number of hydrogen-bond acceptors (Lipinski definition) is 3. The van der Waals surface area contributed by atoms with Gasteiger partial charge in [-0.3, -0.25) is 0 Å². The molecule has 1 unspecified atom stereocenters. The van der Waals surface area contributed by atoms with Crippen molar-refractivity contribution in [2.75, 3.05) is 39.4 Å². The second-order valence-electron chi connectivity index (χ2n) is 6.96. The Labute approximate surface area is 125 Å². The fraction of sp³-hybridized carbons (Fsp3) is 1.00. The lowest BCUT2D eigenvalue weighted by Gasteiger charge is -2.43. The molecule has 3 nitrogen and oxygen atoms in total. The minimum absolute atomic E-state index is 0.450. The highest BCUT2D eigenvalue weighted by Crippen LogP contribution is 2.32. The van der Waals surface area contributed by atoms with E-state index in [0.717, 1.165) is 25.8 Å². The van der Waals surface area contributed by atoms with Gasteiger partial charge in [-0.1, -0.05) is 19.8 Å². The van der Waals surface area contributed by atoms with Gasteiger partial charge in [0.15, 0.2) is 0 Å². The molecule has 0 bridgehead atoms. The molecule has 1 atom stereocenters. The normalized spacial score (nSPS) is 28.2. The number of rotatable bonds is 6. The van der Waals surface area contributed by atoms with E-state index in [1.54, 1.807) is 0 Å². The molecule has 0 aromatic rings. The van der Waals surface area contributed by atoms with Gasteiger partial charge in [0.2, 0.25) is 0 Å².